The van der Waals surface area contributed by atoms with Gasteiger partial charge >= 0.3 is 0 Å². The van der Waals surface area contributed by atoms with Crippen molar-refractivity contribution in [1.29, 1.82) is 0 Å². The van der Waals surface area contributed by atoms with Crippen LogP contribution in [0.2, 0.25) is 5.02 Å². The molecule has 1 aliphatic heterocycles. The highest BCUT2D eigenvalue weighted by Crippen LogP contribution is 2.27. The normalized spacial score (nSPS) is 14.1. The second-order valence-electron chi connectivity index (χ2n) is 5.55. The highest BCUT2D eigenvalue weighted by Gasteiger charge is 2.19. The van der Waals surface area contributed by atoms with Gasteiger partial charge in [0.05, 0.1) is 5.56 Å². The fraction of sp³-hybridized carbons (Fsp3) is 0.278. The van der Waals surface area contributed by atoms with Crippen LogP contribution in [0.4, 0.5) is 0 Å². The average Bonchev–Trinajstić information content (AvgIpc) is 3.09. The molecule has 0 N–H and O–H groups in total. The Hall–Kier alpha value is -1.10. The maximum Gasteiger partial charge on any atom is 0.130 e. The molecule has 0 spiro atoms. The summed E-state index contributed by atoms with van der Waals surface area (Å²) >= 11 is 15.1. The molecule has 0 amide bonds. The van der Waals surface area contributed by atoms with Crippen LogP contribution in [0.1, 0.15) is 24.0 Å². The van der Waals surface area contributed by atoms with E-state index in [-0.39, 0.29) is 0 Å². The number of nitrogens with zero attached hydrogens (tertiary/aromatic N) is 1. The van der Waals surface area contributed by atoms with Crippen LogP contribution in [-0.4, -0.2) is 23.0 Å². The van der Waals surface area contributed by atoms with Crippen LogP contribution in [0.15, 0.2) is 46.9 Å². The molecule has 0 bridgehead atoms. The summed E-state index contributed by atoms with van der Waals surface area (Å²) in [5.74, 6) is 0.819. The maximum absolute atomic E-state index is 6.02. The van der Waals surface area contributed by atoms with Crippen LogP contribution in [0.5, 0.6) is 5.75 Å². The number of ether oxygens (including phenoxy) is 1. The Balaban J connectivity index is 1.78. The highest BCUT2D eigenvalue weighted by molar-refractivity contribution is 9.10. The lowest BCUT2D eigenvalue weighted by molar-refractivity contribution is 0.305. The van der Waals surface area contributed by atoms with E-state index in [9.17, 15) is 0 Å². The van der Waals surface area contributed by atoms with Gasteiger partial charge in [-0.15, -0.1) is 0 Å². The quantitative estimate of drug-likeness (QED) is 0.622. The molecule has 2 nitrogen and oxygen atoms in total. The third-order valence-corrected chi connectivity index (χ3v) is 5.10. The third kappa shape index (κ3) is 4.25. The zero-order valence-electron chi connectivity index (χ0n) is 12.6. The van der Waals surface area contributed by atoms with Gasteiger partial charge in [-0.25, -0.2) is 0 Å². The van der Waals surface area contributed by atoms with Crippen molar-refractivity contribution < 1.29 is 4.74 Å². The van der Waals surface area contributed by atoms with Crippen molar-refractivity contribution in [2.24, 2.45) is 0 Å². The van der Waals surface area contributed by atoms with Gasteiger partial charge in [0, 0.05) is 22.6 Å². The highest BCUT2D eigenvalue weighted by atomic mass is 79.9. The molecular weight excluding hydrogens is 394 g/mol. The van der Waals surface area contributed by atoms with Gasteiger partial charge in [-0.1, -0.05) is 51.9 Å². The molecule has 0 aliphatic carbocycles. The Morgan fingerprint density at radius 1 is 1.13 bits per heavy atom. The zero-order chi connectivity index (χ0) is 16.2. The third-order valence-electron chi connectivity index (χ3n) is 3.87. The molecule has 0 radical (unpaired) electrons. The van der Waals surface area contributed by atoms with Gasteiger partial charge in [0.2, 0.25) is 0 Å². The minimum atomic E-state index is 0.494. The van der Waals surface area contributed by atoms with E-state index in [4.69, 9.17) is 28.6 Å². The van der Waals surface area contributed by atoms with E-state index in [2.05, 4.69) is 20.8 Å². The smallest absolute Gasteiger partial charge is 0.130 e. The molecule has 120 valence electrons. The van der Waals surface area contributed by atoms with E-state index in [1.165, 1.54) is 12.8 Å². The van der Waals surface area contributed by atoms with Gasteiger partial charge in [-0.05, 0) is 48.7 Å². The van der Waals surface area contributed by atoms with Gasteiger partial charge in [0.25, 0.3) is 0 Å². The molecule has 23 heavy (non-hydrogen) atoms. The second-order valence-corrected chi connectivity index (χ2v) is 7.29. The lowest BCUT2D eigenvalue weighted by Crippen LogP contribution is -2.27. The molecule has 2 aromatic carbocycles. The summed E-state index contributed by atoms with van der Waals surface area (Å²) in [5.41, 5.74) is 2.06. The summed E-state index contributed by atoms with van der Waals surface area (Å²) in [5, 5.41) is 0.730. The number of rotatable bonds is 4. The maximum atomic E-state index is 6.02. The van der Waals surface area contributed by atoms with Crippen molar-refractivity contribution in [2.45, 2.75) is 19.4 Å². The number of hydrogen-bond donors (Lipinski definition) is 0. The van der Waals surface area contributed by atoms with Gasteiger partial charge in [0.15, 0.2) is 0 Å². The van der Waals surface area contributed by atoms with Crippen LogP contribution < -0.4 is 4.74 Å². The second kappa shape index (κ2) is 7.65. The van der Waals surface area contributed by atoms with Crippen molar-refractivity contribution in [1.82, 2.24) is 4.90 Å². The molecule has 3 rings (SSSR count). The Bertz CT molecular complexity index is 699. The number of benzene rings is 2. The van der Waals surface area contributed by atoms with Crippen molar-refractivity contribution >= 4 is 44.7 Å². The standard InChI is InChI=1S/C18H17BrClNOS/c19-14-5-8-17(22-12-13-3-6-15(20)7-4-13)16(11-14)18(23)21-9-1-2-10-21/h3-8,11H,1-2,9-10,12H2. The molecular formula is C18H17BrClNOS. The van der Waals surface area contributed by atoms with Crippen LogP contribution in [0.25, 0.3) is 0 Å². The Kier molecular flexibility index (Phi) is 5.57. The topological polar surface area (TPSA) is 12.5 Å². The molecule has 0 unspecified atom stereocenters. The van der Waals surface area contributed by atoms with Crippen LogP contribution in [-0.2, 0) is 6.61 Å². The lowest BCUT2D eigenvalue weighted by Gasteiger charge is -2.21. The number of halogens is 2. The fourth-order valence-electron chi connectivity index (χ4n) is 2.63. The van der Waals surface area contributed by atoms with Gasteiger partial charge < -0.3 is 9.64 Å². The minimum absolute atomic E-state index is 0.494. The van der Waals surface area contributed by atoms with Gasteiger partial charge in [-0.3, -0.25) is 0 Å². The number of hydrogen-bond acceptors (Lipinski definition) is 2. The summed E-state index contributed by atoms with van der Waals surface area (Å²) in [6.45, 7) is 2.55. The first-order chi connectivity index (χ1) is 11.1. The molecule has 0 atom stereocenters. The summed E-state index contributed by atoms with van der Waals surface area (Å²) in [4.78, 5) is 3.13. The van der Waals surface area contributed by atoms with E-state index in [0.717, 1.165) is 44.4 Å². The molecule has 1 fully saturated rings. The summed E-state index contributed by atoms with van der Waals surface area (Å²) in [6, 6.07) is 13.7. The van der Waals surface area contributed by atoms with Crippen molar-refractivity contribution in [2.75, 3.05) is 13.1 Å². The van der Waals surface area contributed by atoms with Crippen molar-refractivity contribution in [3.05, 3.63) is 63.1 Å². The fourth-order valence-corrected chi connectivity index (χ4v) is 3.46. The van der Waals surface area contributed by atoms with Crippen LogP contribution in [0, 0.1) is 0 Å². The Labute approximate surface area is 155 Å². The number of likely N-dealkylation sites (tertiary alicyclic amines) is 1. The van der Waals surface area contributed by atoms with E-state index >= 15 is 0 Å². The molecule has 2 aromatic rings. The predicted molar refractivity (Wildman–Crippen MR) is 102 cm³/mol. The van der Waals surface area contributed by atoms with Crippen LogP contribution >= 0.6 is 39.7 Å². The summed E-state index contributed by atoms with van der Waals surface area (Å²) in [7, 11) is 0. The van der Waals surface area contributed by atoms with Crippen molar-refractivity contribution in [3.63, 3.8) is 0 Å². The van der Waals surface area contributed by atoms with Crippen LogP contribution in [0.3, 0.4) is 0 Å². The minimum Gasteiger partial charge on any atom is -0.488 e. The Morgan fingerprint density at radius 3 is 2.52 bits per heavy atom. The Morgan fingerprint density at radius 2 is 1.83 bits per heavy atom. The largest absolute Gasteiger partial charge is 0.488 e. The van der Waals surface area contributed by atoms with Crippen molar-refractivity contribution in [3.8, 4) is 5.75 Å². The molecule has 1 aliphatic rings. The molecule has 1 saturated heterocycles. The molecule has 0 saturated carbocycles. The summed E-state index contributed by atoms with van der Waals surface area (Å²) < 4.78 is 7.03. The average molecular weight is 411 g/mol. The SMILES string of the molecule is S=C(c1cc(Br)ccc1OCc1ccc(Cl)cc1)N1CCCC1. The van der Waals surface area contributed by atoms with E-state index in [0.29, 0.717) is 6.61 Å². The zero-order valence-corrected chi connectivity index (χ0v) is 15.8. The van der Waals surface area contributed by atoms with E-state index in [1.807, 2.05) is 42.5 Å². The van der Waals surface area contributed by atoms with E-state index in [1.54, 1.807) is 0 Å². The van der Waals surface area contributed by atoms with E-state index < -0.39 is 0 Å². The molecule has 0 aromatic heterocycles. The number of thiocarbonyl (C=S) groups is 1. The monoisotopic (exact) mass is 409 g/mol. The lowest BCUT2D eigenvalue weighted by atomic mass is 10.2. The van der Waals surface area contributed by atoms with Gasteiger partial charge in [0.1, 0.15) is 17.3 Å². The molecule has 5 heteroatoms. The van der Waals surface area contributed by atoms with Gasteiger partial charge in [-0.2, -0.15) is 0 Å². The first kappa shape index (κ1) is 16.7. The first-order valence-corrected chi connectivity index (χ1v) is 9.17. The molecule has 1 heterocycles. The predicted octanol–water partition coefficient (Wildman–Crippen LogP) is 5.45. The summed E-state index contributed by atoms with van der Waals surface area (Å²) in [6.07, 6.45) is 2.41. The first-order valence-electron chi connectivity index (χ1n) is 7.59.